The number of benzene rings is 1. The number of rotatable bonds is 3. The van der Waals surface area contributed by atoms with Crippen LogP contribution in [0.4, 0.5) is 0 Å². The summed E-state index contributed by atoms with van der Waals surface area (Å²) in [5.41, 5.74) is 0.721. The molecule has 0 bridgehead atoms. The highest BCUT2D eigenvalue weighted by Gasteiger charge is 2.26. The molecule has 0 spiro atoms. The SMILES string of the molecule is CN(Cc1ccccc1O)C(=O)C1CCC(=O)NC1. The van der Waals surface area contributed by atoms with E-state index in [0.717, 1.165) is 5.56 Å². The number of phenols is 1. The monoisotopic (exact) mass is 262 g/mol. The lowest BCUT2D eigenvalue weighted by Gasteiger charge is -2.26. The summed E-state index contributed by atoms with van der Waals surface area (Å²) in [5, 5.41) is 12.4. The van der Waals surface area contributed by atoms with Gasteiger partial charge in [-0.1, -0.05) is 18.2 Å². The molecule has 102 valence electrons. The predicted molar refractivity (Wildman–Crippen MR) is 70.3 cm³/mol. The van der Waals surface area contributed by atoms with Crippen LogP contribution in [0.3, 0.4) is 0 Å². The molecule has 5 nitrogen and oxygen atoms in total. The Bertz CT molecular complexity index is 477. The number of amides is 2. The maximum atomic E-state index is 12.2. The fourth-order valence-electron chi connectivity index (χ4n) is 2.23. The van der Waals surface area contributed by atoms with E-state index in [1.54, 1.807) is 30.1 Å². The number of phenolic OH excluding ortho intramolecular Hbond substituents is 1. The van der Waals surface area contributed by atoms with Gasteiger partial charge in [-0.15, -0.1) is 0 Å². The van der Waals surface area contributed by atoms with E-state index in [1.807, 2.05) is 6.07 Å². The summed E-state index contributed by atoms with van der Waals surface area (Å²) in [4.78, 5) is 24.9. The maximum Gasteiger partial charge on any atom is 0.227 e. The van der Waals surface area contributed by atoms with E-state index in [1.165, 1.54) is 0 Å². The molecule has 1 heterocycles. The lowest BCUT2D eigenvalue weighted by molar-refractivity contribution is -0.136. The highest BCUT2D eigenvalue weighted by Crippen LogP contribution is 2.19. The molecule has 5 heteroatoms. The Morgan fingerprint density at radius 3 is 2.84 bits per heavy atom. The predicted octanol–water partition coefficient (Wildman–Crippen LogP) is 0.877. The van der Waals surface area contributed by atoms with Crippen molar-refractivity contribution in [3.63, 3.8) is 0 Å². The first-order chi connectivity index (χ1) is 9.08. The van der Waals surface area contributed by atoms with Crippen LogP contribution in [0.1, 0.15) is 18.4 Å². The average Bonchev–Trinajstić information content (AvgIpc) is 2.41. The van der Waals surface area contributed by atoms with Gasteiger partial charge in [-0.05, 0) is 12.5 Å². The Morgan fingerprint density at radius 2 is 2.21 bits per heavy atom. The van der Waals surface area contributed by atoms with Crippen LogP contribution in [-0.4, -0.2) is 35.4 Å². The zero-order valence-electron chi connectivity index (χ0n) is 10.9. The van der Waals surface area contributed by atoms with Crippen LogP contribution in [0.2, 0.25) is 0 Å². The largest absolute Gasteiger partial charge is 0.508 e. The molecule has 0 aliphatic carbocycles. The van der Waals surface area contributed by atoms with Crippen molar-refractivity contribution in [3.05, 3.63) is 29.8 Å². The van der Waals surface area contributed by atoms with E-state index in [0.29, 0.717) is 25.9 Å². The molecule has 19 heavy (non-hydrogen) atoms. The number of nitrogens with one attached hydrogen (secondary N) is 1. The van der Waals surface area contributed by atoms with E-state index in [4.69, 9.17) is 0 Å². The van der Waals surface area contributed by atoms with Crippen LogP contribution >= 0.6 is 0 Å². The Balaban J connectivity index is 1.96. The Hall–Kier alpha value is -2.04. The highest BCUT2D eigenvalue weighted by atomic mass is 16.3. The first kappa shape index (κ1) is 13.4. The lowest BCUT2D eigenvalue weighted by Crippen LogP contribution is -2.43. The quantitative estimate of drug-likeness (QED) is 0.849. The minimum absolute atomic E-state index is 0.00301. The van der Waals surface area contributed by atoms with Crippen LogP contribution in [0.25, 0.3) is 0 Å². The van der Waals surface area contributed by atoms with Crippen molar-refractivity contribution in [1.29, 1.82) is 0 Å². The second-order valence-corrected chi connectivity index (χ2v) is 4.86. The van der Waals surface area contributed by atoms with Gasteiger partial charge in [0.1, 0.15) is 5.75 Å². The van der Waals surface area contributed by atoms with Crippen molar-refractivity contribution in [2.24, 2.45) is 5.92 Å². The molecule has 1 saturated heterocycles. The molecule has 2 N–H and O–H groups in total. The van der Waals surface area contributed by atoms with Gasteiger partial charge in [0, 0.05) is 32.1 Å². The summed E-state index contributed by atoms with van der Waals surface area (Å²) in [6.45, 7) is 0.777. The van der Waals surface area contributed by atoms with Crippen molar-refractivity contribution in [1.82, 2.24) is 10.2 Å². The number of aromatic hydroxyl groups is 1. The van der Waals surface area contributed by atoms with Gasteiger partial charge in [-0.2, -0.15) is 0 Å². The van der Waals surface area contributed by atoms with Crippen molar-refractivity contribution >= 4 is 11.8 Å². The molecular weight excluding hydrogens is 244 g/mol. The lowest BCUT2D eigenvalue weighted by atomic mass is 9.97. The molecule has 2 amide bonds. The number of carbonyl (C=O) groups excluding carboxylic acids is 2. The average molecular weight is 262 g/mol. The highest BCUT2D eigenvalue weighted by molar-refractivity contribution is 5.83. The number of hydrogen-bond donors (Lipinski definition) is 2. The fraction of sp³-hybridized carbons (Fsp3) is 0.429. The molecule has 1 atom stereocenters. The van der Waals surface area contributed by atoms with Crippen molar-refractivity contribution < 1.29 is 14.7 Å². The first-order valence-electron chi connectivity index (χ1n) is 6.36. The second-order valence-electron chi connectivity index (χ2n) is 4.86. The Morgan fingerprint density at radius 1 is 1.47 bits per heavy atom. The van der Waals surface area contributed by atoms with Gasteiger partial charge < -0.3 is 15.3 Å². The third-order valence-corrected chi connectivity index (χ3v) is 3.39. The van der Waals surface area contributed by atoms with Gasteiger partial charge in [-0.25, -0.2) is 0 Å². The van der Waals surface area contributed by atoms with E-state index in [9.17, 15) is 14.7 Å². The molecule has 1 aliphatic heterocycles. The topological polar surface area (TPSA) is 69.6 Å². The molecule has 0 aromatic heterocycles. The molecule has 0 radical (unpaired) electrons. The van der Waals surface area contributed by atoms with Crippen molar-refractivity contribution in [3.8, 4) is 5.75 Å². The summed E-state index contributed by atoms with van der Waals surface area (Å²) in [5.74, 6) is 0.0447. The molecule has 1 aromatic carbocycles. The molecule has 1 fully saturated rings. The zero-order chi connectivity index (χ0) is 13.8. The van der Waals surface area contributed by atoms with E-state index in [-0.39, 0.29) is 23.5 Å². The Labute approximate surface area is 112 Å². The standard InChI is InChI=1S/C14H18N2O3/c1-16(9-11-4-2-3-5-12(11)17)14(19)10-6-7-13(18)15-8-10/h2-5,10,17H,6-9H2,1H3,(H,15,18). The first-order valence-corrected chi connectivity index (χ1v) is 6.36. The normalized spacial score (nSPS) is 18.8. The smallest absolute Gasteiger partial charge is 0.227 e. The molecule has 1 unspecified atom stereocenters. The summed E-state index contributed by atoms with van der Waals surface area (Å²) in [7, 11) is 1.71. The van der Waals surface area contributed by atoms with Crippen LogP contribution in [0.15, 0.2) is 24.3 Å². The summed E-state index contributed by atoms with van der Waals surface area (Å²) >= 11 is 0. The van der Waals surface area contributed by atoms with Gasteiger partial charge in [0.25, 0.3) is 0 Å². The van der Waals surface area contributed by atoms with E-state index in [2.05, 4.69) is 5.32 Å². The van der Waals surface area contributed by atoms with Crippen LogP contribution < -0.4 is 5.32 Å². The number of piperidine rings is 1. The maximum absolute atomic E-state index is 12.2. The molecular formula is C14H18N2O3. The Kier molecular flexibility index (Phi) is 4.04. The number of nitrogens with zero attached hydrogens (tertiary/aromatic N) is 1. The van der Waals surface area contributed by atoms with Crippen molar-refractivity contribution in [2.45, 2.75) is 19.4 Å². The van der Waals surface area contributed by atoms with Crippen LogP contribution in [0.5, 0.6) is 5.75 Å². The zero-order valence-corrected chi connectivity index (χ0v) is 10.9. The molecule has 0 saturated carbocycles. The van der Waals surface area contributed by atoms with Gasteiger partial charge in [-0.3, -0.25) is 9.59 Å². The van der Waals surface area contributed by atoms with E-state index < -0.39 is 0 Å². The second kappa shape index (κ2) is 5.73. The van der Waals surface area contributed by atoms with Gasteiger partial charge in [0.05, 0.1) is 5.92 Å². The minimum Gasteiger partial charge on any atom is -0.508 e. The number of para-hydroxylation sites is 1. The van der Waals surface area contributed by atoms with E-state index >= 15 is 0 Å². The van der Waals surface area contributed by atoms with Crippen LogP contribution in [-0.2, 0) is 16.1 Å². The minimum atomic E-state index is -0.159. The third-order valence-electron chi connectivity index (χ3n) is 3.39. The van der Waals surface area contributed by atoms with Gasteiger partial charge in [0.2, 0.25) is 11.8 Å². The third kappa shape index (κ3) is 3.24. The molecule has 2 rings (SSSR count). The number of carbonyl (C=O) groups is 2. The summed E-state index contributed by atoms with van der Waals surface area (Å²) < 4.78 is 0. The fourth-order valence-corrected chi connectivity index (χ4v) is 2.23. The summed E-state index contributed by atoms with van der Waals surface area (Å²) in [6.07, 6.45) is 0.997. The van der Waals surface area contributed by atoms with Crippen molar-refractivity contribution in [2.75, 3.05) is 13.6 Å². The number of hydrogen-bond acceptors (Lipinski definition) is 3. The van der Waals surface area contributed by atoms with Gasteiger partial charge in [0.15, 0.2) is 0 Å². The van der Waals surface area contributed by atoms with Gasteiger partial charge >= 0.3 is 0 Å². The molecule has 1 aromatic rings. The molecule has 1 aliphatic rings. The summed E-state index contributed by atoms with van der Waals surface area (Å²) in [6, 6.07) is 6.97. The van der Waals surface area contributed by atoms with Crippen LogP contribution in [0, 0.1) is 5.92 Å².